The Morgan fingerprint density at radius 3 is 2.25 bits per heavy atom. The Balaban J connectivity index is 1.77. The summed E-state index contributed by atoms with van der Waals surface area (Å²) in [5.41, 5.74) is 1.92. The van der Waals surface area contributed by atoms with Gasteiger partial charge in [-0.2, -0.15) is 0 Å². The van der Waals surface area contributed by atoms with Crippen molar-refractivity contribution in [2.24, 2.45) is 0 Å². The highest BCUT2D eigenvalue weighted by Gasteiger charge is 2.21. The number of methoxy groups -OCH3 is 1. The van der Waals surface area contributed by atoms with Crippen molar-refractivity contribution in [2.75, 3.05) is 7.11 Å². The van der Waals surface area contributed by atoms with Crippen LogP contribution in [-0.4, -0.2) is 13.0 Å². The van der Waals surface area contributed by atoms with Crippen molar-refractivity contribution in [2.45, 2.75) is 19.1 Å². The van der Waals surface area contributed by atoms with Gasteiger partial charge in [0.05, 0.1) is 6.04 Å². The fourth-order valence-corrected chi connectivity index (χ4v) is 2.87. The molecule has 2 unspecified atom stereocenters. The van der Waals surface area contributed by atoms with Gasteiger partial charge in [-0.1, -0.05) is 66.7 Å². The van der Waals surface area contributed by atoms with Gasteiger partial charge in [0.1, 0.15) is 0 Å². The van der Waals surface area contributed by atoms with Gasteiger partial charge < -0.3 is 10.1 Å². The summed E-state index contributed by atoms with van der Waals surface area (Å²) in [6, 6.07) is 23.9. The fourth-order valence-electron chi connectivity index (χ4n) is 2.87. The second kappa shape index (κ2) is 7.28. The Morgan fingerprint density at radius 1 is 0.875 bits per heavy atom. The third kappa shape index (κ3) is 3.47. The first-order chi connectivity index (χ1) is 11.7. The van der Waals surface area contributed by atoms with Crippen LogP contribution in [0.2, 0.25) is 0 Å². The maximum absolute atomic E-state index is 12.6. The molecule has 2 atom stereocenters. The summed E-state index contributed by atoms with van der Waals surface area (Å²) in [7, 11) is 1.55. The summed E-state index contributed by atoms with van der Waals surface area (Å²) in [4.78, 5) is 12.6. The molecule has 0 saturated carbocycles. The predicted molar refractivity (Wildman–Crippen MR) is 96.7 cm³/mol. The molecule has 3 heteroatoms. The van der Waals surface area contributed by atoms with Crippen molar-refractivity contribution in [3.05, 3.63) is 83.9 Å². The van der Waals surface area contributed by atoms with Gasteiger partial charge in [0.2, 0.25) is 0 Å². The van der Waals surface area contributed by atoms with E-state index in [1.807, 2.05) is 49.4 Å². The van der Waals surface area contributed by atoms with Crippen LogP contribution in [0.4, 0.5) is 0 Å². The second-order valence-electron chi connectivity index (χ2n) is 5.86. The number of hydrogen-bond acceptors (Lipinski definition) is 2. The lowest BCUT2D eigenvalue weighted by atomic mass is 10.0. The first-order valence-electron chi connectivity index (χ1n) is 8.06. The highest BCUT2D eigenvalue weighted by molar-refractivity contribution is 5.84. The lowest BCUT2D eigenvalue weighted by molar-refractivity contribution is -0.132. The van der Waals surface area contributed by atoms with E-state index in [4.69, 9.17) is 4.74 Å². The SMILES string of the molecule is COC(C(=O)NC(C)c1ccc2ccccc2c1)c1ccccc1. The van der Waals surface area contributed by atoms with Crippen molar-refractivity contribution in [1.82, 2.24) is 5.32 Å². The normalized spacial score (nSPS) is 13.4. The van der Waals surface area contributed by atoms with E-state index in [0.717, 1.165) is 11.1 Å². The molecule has 3 nitrogen and oxygen atoms in total. The molecule has 0 saturated heterocycles. The molecular formula is C21H21NO2. The molecule has 0 spiro atoms. The number of benzene rings is 3. The lowest BCUT2D eigenvalue weighted by Crippen LogP contribution is -2.32. The van der Waals surface area contributed by atoms with E-state index in [1.165, 1.54) is 10.8 Å². The number of hydrogen-bond donors (Lipinski definition) is 1. The zero-order chi connectivity index (χ0) is 16.9. The van der Waals surface area contributed by atoms with Crippen molar-refractivity contribution >= 4 is 16.7 Å². The van der Waals surface area contributed by atoms with E-state index < -0.39 is 6.10 Å². The van der Waals surface area contributed by atoms with E-state index in [9.17, 15) is 4.79 Å². The molecule has 3 aromatic rings. The Morgan fingerprint density at radius 2 is 1.54 bits per heavy atom. The van der Waals surface area contributed by atoms with Crippen LogP contribution in [0.15, 0.2) is 72.8 Å². The zero-order valence-electron chi connectivity index (χ0n) is 13.9. The van der Waals surface area contributed by atoms with E-state index in [1.54, 1.807) is 7.11 Å². The molecule has 122 valence electrons. The molecule has 0 heterocycles. The maximum Gasteiger partial charge on any atom is 0.254 e. The smallest absolute Gasteiger partial charge is 0.254 e. The van der Waals surface area contributed by atoms with E-state index in [0.29, 0.717) is 0 Å². The van der Waals surface area contributed by atoms with Gasteiger partial charge in [-0.3, -0.25) is 4.79 Å². The molecule has 3 rings (SSSR count). The molecule has 0 aliphatic heterocycles. The van der Waals surface area contributed by atoms with Crippen LogP contribution >= 0.6 is 0 Å². The molecule has 0 aliphatic carbocycles. The Hall–Kier alpha value is -2.65. The Kier molecular flexibility index (Phi) is 4.92. The molecular weight excluding hydrogens is 298 g/mol. The highest BCUT2D eigenvalue weighted by Crippen LogP contribution is 2.22. The minimum absolute atomic E-state index is 0.0940. The Bertz CT molecular complexity index is 829. The van der Waals surface area contributed by atoms with Gasteiger partial charge >= 0.3 is 0 Å². The van der Waals surface area contributed by atoms with Crippen LogP contribution in [0.3, 0.4) is 0 Å². The van der Waals surface area contributed by atoms with Crippen LogP contribution < -0.4 is 5.32 Å². The topological polar surface area (TPSA) is 38.3 Å². The van der Waals surface area contributed by atoms with Gasteiger partial charge in [0, 0.05) is 7.11 Å². The number of amides is 1. The summed E-state index contributed by atoms with van der Waals surface area (Å²) in [6.07, 6.45) is -0.603. The minimum atomic E-state index is -0.603. The van der Waals surface area contributed by atoms with Crippen LogP contribution in [0.1, 0.15) is 30.2 Å². The summed E-state index contributed by atoms with van der Waals surface area (Å²) in [5, 5.41) is 5.41. The maximum atomic E-state index is 12.6. The molecule has 0 aromatic heterocycles. The monoisotopic (exact) mass is 319 g/mol. The predicted octanol–water partition coefficient (Wildman–Crippen LogP) is 4.40. The van der Waals surface area contributed by atoms with Crippen molar-refractivity contribution < 1.29 is 9.53 Å². The third-order valence-corrected chi connectivity index (χ3v) is 4.21. The number of fused-ring (bicyclic) bond motifs is 1. The first-order valence-corrected chi connectivity index (χ1v) is 8.06. The van der Waals surface area contributed by atoms with Gasteiger partial charge in [-0.25, -0.2) is 0 Å². The van der Waals surface area contributed by atoms with Gasteiger partial charge in [0.25, 0.3) is 5.91 Å². The number of carbonyl (C=O) groups is 1. The molecule has 1 amide bonds. The molecule has 1 N–H and O–H groups in total. The summed E-state index contributed by atoms with van der Waals surface area (Å²) >= 11 is 0. The number of ether oxygens (including phenoxy) is 1. The summed E-state index contributed by atoms with van der Waals surface area (Å²) in [6.45, 7) is 1.99. The van der Waals surface area contributed by atoms with Crippen LogP contribution in [-0.2, 0) is 9.53 Å². The molecule has 3 aromatic carbocycles. The average Bonchev–Trinajstić information content (AvgIpc) is 2.62. The van der Waals surface area contributed by atoms with Crippen molar-refractivity contribution in [3.8, 4) is 0 Å². The van der Waals surface area contributed by atoms with Crippen LogP contribution in [0.25, 0.3) is 10.8 Å². The molecule has 0 radical (unpaired) electrons. The average molecular weight is 319 g/mol. The van der Waals surface area contributed by atoms with Crippen molar-refractivity contribution in [3.63, 3.8) is 0 Å². The van der Waals surface area contributed by atoms with Gasteiger partial charge in [0.15, 0.2) is 6.10 Å². The molecule has 0 fully saturated rings. The first kappa shape index (κ1) is 16.2. The van der Waals surface area contributed by atoms with Gasteiger partial charge in [-0.05, 0) is 34.9 Å². The zero-order valence-corrected chi connectivity index (χ0v) is 13.9. The summed E-state index contributed by atoms with van der Waals surface area (Å²) < 4.78 is 5.39. The molecule has 24 heavy (non-hydrogen) atoms. The quantitative estimate of drug-likeness (QED) is 0.757. The Labute approximate surface area is 142 Å². The number of rotatable bonds is 5. The highest BCUT2D eigenvalue weighted by atomic mass is 16.5. The van der Waals surface area contributed by atoms with Crippen LogP contribution in [0, 0.1) is 0 Å². The number of nitrogens with one attached hydrogen (secondary N) is 1. The standard InChI is InChI=1S/C21H21NO2/c1-15(18-13-12-16-8-6-7-11-19(16)14-18)22-21(23)20(24-2)17-9-4-3-5-10-17/h3-15,20H,1-2H3,(H,22,23). The van der Waals surface area contributed by atoms with E-state index in [2.05, 4.69) is 35.6 Å². The fraction of sp³-hybridized carbons (Fsp3) is 0.190. The van der Waals surface area contributed by atoms with E-state index >= 15 is 0 Å². The van der Waals surface area contributed by atoms with Gasteiger partial charge in [-0.15, -0.1) is 0 Å². The number of carbonyl (C=O) groups excluding carboxylic acids is 1. The molecule has 0 bridgehead atoms. The largest absolute Gasteiger partial charge is 0.367 e. The lowest BCUT2D eigenvalue weighted by Gasteiger charge is -2.20. The van der Waals surface area contributed by atoms with Crippen molar-refractivity contribution in [1.29, 1.82) is 0 Å². The molecule has 0 aliphatic rings. The third-order valence-electron chi connectivity index (χ3n) is 4.21. The minimum Gasteiger partial charge on any atom is -0.367 e. The van der Waals surface area contributed by atoms with E-state index in [-0.39, 0.29) is 11.9 Å². The van der Waals surface area contributed by atoms with Crippen LogP contribution in [0.5, 0.6) is 0 Å². The second-order valence-corrected chi connectivity index (χ2v) is 5.86. The summed E-state index contributed by atoms with van der Waals surface area (Å²) in [5.74, 6) is -0.135.